The summed E-state index contributed by atoms with van der Waals surface area (Å²) in [6.07, 6.45) is -16.6. The predicted octanol–water partition coefficient (Wildman–Crippen LogP) is 8.24. The lowest BCUT2D eigenvalue weighted by Crippen LogP contribution is -2.63. The minimum atomic E-state index is -5.88. The zero-order valence-corrected chi connectivity index (χ0v) is 18.3. The molecule has 3 rings (SSSR count). The van der Waals surface area contributed by atoms with Crippen LogP contribution in [0.15, 0.2) is 0 Å². The van der Waals surface area contributed by atoms with Gasteiger partial charge in [-0.2, -0.15) is 39.5 Å². The number of hydrogen-bond donors (Lipinski definition) is 0. The van der Waals surface area contributed by atoms with E-state index < -0.39 is 47.9 Å². The Kier molecular flexibility index (Phi) is 7.94. The fourth-order valence-electron chi connectivity index (χ4n) is 5.95. The Morgan fingerprint density at radius 1 is 0.515 bits per heavy atom. The number of ether oxygens (including phenoxy) is 2. The molecule has 194 valence electrons. The Bertz CT molecular complexity index is 607. The van der Waals surface area contributed by atoms with Crippen molar-refractivity contribution in [1.82, 2.24) is 0 Å². The summed E-state index contributed by atoms with van der Waals surface area (Å²) >= 11 is 0. The van der Waals surface area contributed by atoms with E-state index in [2.05, 4.69) is 4.74 Å². The fourth-order valence-corrected chi connectivity index (χ4v) is 5.95. The van der Waals surface area contributed by atoms with Crippen LogP contribution in [0.4, 0.5) is 39.5 Å². The third kappa shape index (κ3) is 5.43. The van der Waals surface area contributed by atoms with Gasteiger partial charge in [0.1, 0.15) is 0 Å². The summed E-state index contributed by atoms with van der Waals surface area (Å²) in [4.78, 5) is 0. The summed E-state index contributed by atoms with van der Waals surface area (Å²) in [6.45, 7) is 0. The van der Waals surface area contributed by atoms with E-state index in [1.807, 2.05) is 0 Å². The topological polar surface area (TPSA) is 18.5 Å². The molecule has 0 N–H and O–H groups in total. The smallest absolute Gasteiger partial charge is 0.332 e. The third-order valence-corrected chi connectivity index (χ3v) is 7.73. The van der Waals surface area contributed by atoms with Crippen molar-refractivity contribution in [2.45, 2.75) is 126 Å². The molecule has 0 spiro atoms. The normalized spacial score (nSPS) is 28.6. The monoisotopic (exact) mass is 498 g/mol. The molecule has 0 unspecified atom stereocenters. The van der Waals surface area contributed by atoms with Gasteiger partial charge in [0.15, 0.2) is 0 Å². The van der Waals surface area contributed by atoms with E-state index >= 15 is 0 Å². The number of halogens is 9. The average Bonchev–Trinajstić information content (AvgIpc) is 2.72. The summed E-state index contributed by atoms with van der Waals surface area (Å²) in [7, 11) is 0. The van der Waals surface area contributed by atoms with E-state index in [9.17, 15) is 39.5 Å². The van der Waals surface area contributed by atoms with Gasteiger partial charge in [-0.1, -0.05) is 38.5 Å². The highest BCUT2D eigenvalue weighted by Gasteiger charge is 2.76. The minimum absolute atomic E-state index is 0.0491. The summed E-state index contributed by atoms with van der Waals surface area (Å²) < 4.78 is 134. The number of alkyl halides is 9. The van der Waals surface area contributed by atoms with Gasteiger partial charge >= 0.3 is 24.3 Å². The molecule has 0 heterocycles. The van der Waals surface area contributed by atoms with Gasteiger partial charge in [0.25, 0.3) is 0 Å². The highest BCUT2D eigenvalue weighted by molar-refractivity contribution is 4.98. The standard InChI is InChI=1S/C22H31F9O2/c23-20(24,25)18(13-5-2-6-14-18)15-9-11-17(12-10-15)33-19(21(26,27)28,22(29,30)31)32-16-7-3-1-4-8-16/h15-17H,1-14H2. The molecule has 0 radical (unpaired) electrons. The second kappa shape index (κ2) is 9.74. The van der Waals surface area contributed by atoms with Crippen molar-refractivity contribution >= 4 is 0 Å². The van der Waals surface area contributed by atoms with Gasteiger partial charge < -0.3 is 9.47 Å². The van der Waals surface area contributed by atoms with Gasteiger partial charge in [-0.05, 0) is 57.3 Å². The van der Waals surface area contributed by atoms with Crippen LogP contribution in [0.5, 0.6) is 0 Å². The van der Waals surface area contributed by atoms with Crippen molar-refractivity contribution < 1.29 is 49.0 Å². The Balaban J connectivity index is 1.76. The van der Waals surface area contributed by atoms with Gasteiger partial charge in [0.2, 0.25) is 0 Å². The predicted molar refractivity (Wildman–Crippen MR) is 101 cm³/mol. The molecule has 0 saturated heterocycles. The molecule has 3 saturated carbocycles. The lowest BCUT2D eigenvalue weighted by Gasteiger charge is -2.48. The van der Waals surface area contributed by atoms with Crippen molar-refractivity contribution in [2.75, 3.05) is 0 Å². The highest BCUT2D eigenvalue weighted by Crippen LogP contribution is 2.58. The molecule has 0 aromatic carbocycles. The van der Waals surface area contributed by atoms with Gasteiger partial charge in [-0.3, -0.25) is 0 Å². The van der Waals surface area contributed by atoms with Crippen LogP contribution in [-0.4, -0.2) is 36.5 Å². The van der Waals surface area contributed by atoms with Crippen LogP contribution in [0.2, 0.25) is 0 Å². The molecular weight excluding hydrogens is 467 g/mol. The second-order valence-electron chi connectivity index (χ2n) is 9.80. The summed E-state index contributed by atoms with van der Waals surface area (Å²) in [6, 6.07) is 0. The molecule has 2 nitrogen and oxygen atoms in total. The van der Waals surface area contributed by atoms with Crippen LogP contribution in [-0.2, 0) is 9.47 Å². The second-order valence-corrected chi connectivity index (χ2v) is 9.80. The van der Waals surface area contributed by atoms with Crippen molar-refractivity contribution in [3.05, 3.63) is 0 Å². The first-order valence-electron chi connectivity index (χ1n) is 11.8. The Hall–Kier alpha value is -0.710. The SMILES string of the molecule is FC(F)(F)C1(C2CCC(OC(OC3CCCCC3)(C(F)(F)F)C(F)(F)F)CC2)CCCCC1. The molecule has 11 heteroatoms. The first kappa shape index (κ1) is 26.9. The molecule has 0 atom stereocenters. The van der Waals surface area contributed by atoms with E-state index in [4.69, 9.17) is 4.74 Å². The minimum Gasteiger partial charge on any atom is -0.332 e. The van der Waals surface area contributed by atoms with Crippen LogP contribution in [0, 0.1) is 11.3 Å². The van der Waals surface area contributed by atoms with Crippen molar-refractivity contribution in [2.24, 2.45) is 11.3 Å². The lowest BCUT2D eigenvalue weighted by molar-refractivity contribution is -0.486. The van der Waals surface area contributed by atoms with E-state index in [1.165, 1.54) is 0 Å². The highest BCUT2D eigenvalue weighted by atomic mass is 19.4. The fraction of sp³-hybridized carbons (Fsp3) is 1.00. The zero-order chi connectivity index (χ0) is 24.5. The van der Waals surface area contributed by atoms with Crippen LogP contribution in [0.1, 0.15) is 89.9 Å². The molecule has 0 aliphatic heterocycles. The van der Waals surface area contributed by atoms with E-state index in [-0.39, 0.29) is 51.4 Å². The van der Waals surface area contributed by atoms with E-state index in [0.717, 1.165) is 0 Å². The molecule has 3 aliphatic rings. The Morgan fingerprint density at radius 3 is 1.36 bits per heavy atom. The molecule has 0 bridgehead atoms. The molecule has 0 aromatic rings. The summed E-state index contributed by atoms with van der Waals surface area (Å²) in [5.74, 6) is -5.60. The van der Waals surface area contributed by atoms with Crippen LogP contribution in [0.25, 0.3) is 0 Å². The van der Waals surface area contributed by atoms with Crippen molar-refractivity contribution in [3.8, 4) is 0 Å². The molecule has 3 fully saturated rings. The average molecular weight is 498 g/mol. The Morgan fingerprint density at radius 2 is 0.939 bits per heavy atom. The molecule has 0 aromatic heterocycles. The summed E-state index contributed by atoms with van der Waals surface area (Å²) in [5.41, 5.74) is -1.92. The van der Waals surface area contributed by atoms with Gasteiger partial charge in [0, 0.05) is 0 Å². The molecule has 0 amide bonds. The largest absolute Gasteiger partial charge is 0.453 e. The van der Waals surface area contributed by atoms with Crippen LogP contribution < -0.4 is 0 Å². The lowest BCUT2D eigenvalue weighted by atomic mass is 9.61. The molecule has 33 heavy (non-hydrogen) atoms. The first-order valence-corrected chi connectivity index (χ1v) is 11.8. The van der Waals surface area contributed by atoms with Crippen LogP contribution >= 0.6 is 0 Å². The van der Waals surface area contributed by atoms with Crippen molar-refractivity contribution in [3.63, 3.8) is 0 Å². The first-order chi connectivity index (χ1) is 15.2. The van der Waals surface area contributed by atoms with Gasteiger partial charge in [-0.25, -0.2) is 0 Å². The summed E-state index contributed by atoms with van der Waals surface area (Å²) in [5, 5.41) is 0. The maximum Gasteiger partial charge on any atom is 0.453 e. The maximum atomic E-state index is 14.0. The van der Waals surface area contributed by atoms with Gasteiger partial charge in [-0.15, -0.1) is 0 Å². The van der Waals surface area contributed by atoms with E-state index in [0.29, 0.717) is 38.5 Å². The number of rotatable bonds is 5. The van der Waals surface area contributed by atoms with Gasteiger partial charge in [0.05, 0.1) is 17.6 Å². The number of hydrogen-bond acceptors (Lipinski definition) is 2. The molecule has 3 aliphatic carbocycles. The van der Waals surface area contributed by atoms with Crippen LogP contribution in [0.3, 0.4) is 0 Å². The zero-order valence-electron chi connectivity index (χ0n) is 18.3. The third-order valence-electron chi connectivity index (χ3n) is 7.73. The molecular formula is C22H31F9O2. The maximum absolute atomic E-state index is 14.0. The quantitative estimate of drug-likeness (QED) is 0.281. The van der Waals surface area contributed by atoms with Crippen molar-refractivity contribution in [1.29, 1.82) is 0 Å². The van der Waals surface area contributed by atoms with E-state index in [1.54, 1.807) is 0 Å². The Labute approximate surface area is 187 Å².